The number of nitrogen functional groups attached to an aromatic ring is 1. The Kier molecular flexibility index (Phi) is 3.63. The van der Waals surface area contributed by atoms with Gasteiger partial charge in [-0.05, 0) is 24.3 Å². The molecule has 0 spiro atoms. The van der Waals surface area contributed by atoms with Crippen molar-refractivity contribution < 1.29 is 9.15 Å². The lowest BCUT2D eigenvalue weighted by Crippen LogP contribution is -2.03. The standard InChI is InChI=1S/C22H15N7O2/c1-30-17-9-3-7-13-16-11-15(28-29(16)22(23)25-19(13)17)21-27-26-20(31-21)14-8-2-5-12-6-4-10-24-18(12)14/h2-11H,1H3,(H2,23,25). The number of methoxy groups -OCH3 is 1. The zero-order chi connectivity index (χ0) is 20.9. The third-order valence-corrected chi connectivity index (χ3v) is 5.15. The minimum atomic E-state index is 0.233. The monoisotopic (exact) mass is 409 g/mol. The van der Waals surface area contributed by atoms with Crippen molar-refractivity contribution in [2.75, 3.05) is 12.8 Å². The molecule has 0 atom stereocenters. The molecule has 0 aliphatic rings. The average molecular weight is 409 g/mol. The predicted molar refractivity (Wildman–Crippen MR) is 115 cm³/mol. The molecule has 0 aliphatic heterocycles. The maximum absolute atomic E-state index is 6.15. The van der Waals surface area contributed by atoms with Crippen LogP contribution in [0.4, 0.5) is 5.95 Å². The van der Waals surface area contributed by atoms with E-state index in [2.05, 4.69) is 25.3 Å². The lowest BCUT2D eigenvalue weighted by molar-refractivity contribution is 0.419. The van der Waals surface area contributed by atoms with Crippen molar-refractivity contribution in [2.45, 2.75) is 0 Å². The van der Waals surface area contributed by atoms with Gasteiger partial charge in [0.05, 0.1) is 23.7 Å². The Bertz CT molecular complexity index is 1600. The first-order valence-corrected chi connectivity index (χ1v) is 9.53. The van der Waals surface area contributed by atoms with Crippen molar-refractivity contribution in [3.05, 3.63) is 60.8 Å². The molecule has 2 N–H and O–H groups in total. The van der Waals surface area contributed by atoms with Crippen LogP contribution >= 0.6 is 0 Å². The molecule has 4 aromatic heterocycles. The molecule has 0 aliphatic carbocycles. The maximum Gasteiger partial charge on any atom is 0.268 e. The Balaban J connectivity index is 1.51. The molecule has 2 aromatic carbocycles. The van der Waals surface area contributed by atoms with Gasteiger partial charge in [-0.2, -0.15) is 9.61 Å². The van der Waals surface area contributed by atoms with Crippen LogP contribution in [0, 0.1) is 0 Å². The van der Waals surface area contributed by atoms with E-state index in [0.717, 1.165) is 27.4 Å². The summed E-state index contributed by atoms with van der Waals surface area (Å²) in [5.41, 5.74) is 9.63. The summed E-state index contributed by atoms with van der Waals surface area (Å²) in [5, 5.41) is 14.8. The van der Waals surface area contributed by atoms with Gasteiger partial charge in [0.2, 0.25) is 11.8 Å². The predicted octanol–water partition coefficient (Wildman–Crippen LogP) is 3.74. The quantitative estimate of drug-likeness (QED) is 0.470. The highest BCUT2D eigenvalue weighted by molar-refractivity contribution is 5.98. The first-order valence-electron chi connectivity index (χ1n) is 9.53. The number of ether oxygens (including phenoxy) is 1. The lowest BCUT2D eigenvalue weighted by atomic mass is 10.1. The number of aromatic nitrogens is 6. The van der Waals surface area contributed by atoms with E-state index in [1.54, 1.807) is 17.8 Å². The largest absolute Gasteiger partial charge is 0.494 e. The lowest BCUT2D eigenvalue weighted by Gasteiger charge is -2.07. The van der Waals surface area contributed by atoms with E-state index in [1.807, 2.05) is 54.6 Å². The van der Waals surface area contributed by atoms with E-state index in [-0.39, 0.29) is 11.8 Å². The van der Waals surface area contributed by atoms with E-state index < -0.39 is 0 Å². The summed E-state index contributed by atoms with van der Waals surface area (Å²) < 4.78 is 12.9. The van der Waals surface area contributed by atoms with Crippen LogP contribution in [-0.2, 0) is 0 Å². The van der Waals surface area contributed by atoms with Gasteiger partial charge in [0.15, 0.2) is 5.69 Å². The van der Waals surface area contributed by atoms with Crippen LogP contribution in [0.15, 0.2) is 65.2 Å². The summed E-state index contributed by atoms with van der Waals surface area (Å²) in [7, 11) is 1.60. The first-order chi connectivity index (χ1) is 15.2. The van der Waals surface area contributed by atoms with Gasteiger partial charge in [-0.3, -0.25) is 4.98 Å². The van der Waals surface area contributed by atoms with Gasteiger partial charge < -0.3 is 14.9 Å². The number of para-hydroxylation sites is 2. The summed E-state index contributed by atoms with van der Waals surface area (Å²) >= 11 is 0. The van der Waals surface area contributed by atoms with Gasteiger partial charge >= 0.3 is 0 Å². The summed E-state index contributed by atoms with van der Waals surface area (Å²) in [6.45, 7) is 0. The topological polar surface area (TPSA) is 117 Å². The molecule has 6 rings (SSSR count). The van der Waals surface area contributed by atoms with Crippen molar-refractivity contribution in [1.82, 2.24) is 29.8 Å². The number of hydrogen-bond acceptors (Lipinski definition) is 8. The zero-order valence-electron chi connectivity index (χ0n) is 16.4. The number of benzene rings is 2. The molecule has 0 radical (unpaired) electrons. The first kappa shape index (κ1) is 17.3. The normalized spacial score (nSPS) is 11.5. The second-order valence-electron chi connectivity index (χ2n) is 6.95. The average Bonchev–Trinajstić information content (AvgIpc) is 3.46. The van der Waals surface area contributed by atoms with Crippen LogP contribution in [0.2, 0.25) is 0 Å². The van der Waals surface area contributed by atoms with Crippen LogP contribution < -0.4 is 10.5 Å². The molecule has 0 bridgehead atoms. The van der Waals surface area contributed by atoms with Gasteiger partial charge in [-0.25, -0.2) is 4.98 Å². The second kappa shape index (κ2) is 6.49. The van der Waals surface area contributed by atoms with Gasteiger partial charge in [-0.1, -0.05) is 30.3 Å². The molecule has 0 saturated heterocycles. The van der Waals surface area contributed by atoms with E-state index in [4.69, 9.17) is 14.9 Å². The van der Waals surface area contributed by atoms with Crippen molar-refractivity contribution in [3.63, 3.8) is 0 Å². The molecule has 150 valence electrons. The van der Waals surface area contributed by atoms with E-state index >= 15 is 0 Å². The van der Waals surface area contributed by atoms with Crippen LogP contribution in [0.3, 0.4) is 0 Å². The molecule has 0 unspecified atom stereocenters. The SMILES string of the molecule is COc1cccc2c1nc(N)n1nc(-c3nnc(-c4cccc5cccnc45)o3)cc21. The van der Waals surface area contributed by atoms with Gasteiger partial charge in [0.1, 0.15) is 11.3 Å². The fourth-order valence-electron chi connectivity index (χ4n) is 3.74. The van der Waals surface area contributed by atoms with Gasteiger partial charge in [0.25, 0.3) is 5.89 Å². The van der Waals surface area contributed by atoms with Crippen molar-refractivity contribution in [1.29, 1.82) is 0 Å². The second-order valence-corrected chi connectivity index (χ2v) is 6.95. The molecule has 31 heavy (non-hydrogen) atoms. The van der Waals surface area contributed by atoms with Crippen molar-refractivity contribution in [2.24, 2.45) is 0 Å². The summed E-state index contributed by atoms with van der Waals surface area (Å²) in [6.07, 6.45) is 1.74. The third-order valence-electron chi connectivity index (χ3n) is 5.15. The number of hydrogen-bond donors (Lipinski definition) is 1. The molecule has 0 fully saturated rings. The molecular formula is C22H15N7O2. The molecule has 9 heteroatoms. The summed E-state index contributed by atoms with van der Waals surface area (Å²) in [5.74, 6) is 1.52. The Hall–Kier alpha value is -4.53. The maximum atomic E-state index is 6.15. The van der Waals surface area contributed by atoms with Gasteiger partial charge in [0, 0.05) is 17.0 Å². The smallest absolute Gasteiger partial charge is 0.268 e. The van der Waals surface area contributed by atoms with Crippen molar-refractivity contribution in [3.8, 4) is 28.8 Å². The van der Waals surface area contributed by atoms with Crippen LogP contribution in [-0.4, -0.2) is 36.9 Å². The van der Waals surface area contributed by atoms with Crippen LogP contribution in [0.25, 0.3) is 50.4 Å². The van der Waals surface area contributed by atoms with E-state index in [0.29, 0.717) is 22.9 Å². The number of fused-ring (bicyclic) bond motifs is 4. The fourth-order valence-corrected chi connectivity index (χ4v) is 3.74. The number of nitrogens with two attached hydrogens (primary N) is 1. The van der Waals surface area contributed by atoms with Gasteiger partial charge in [-0.15, -0.1) is 10.2 Å². The highest BCUT2D eigenvalue weighted by Gasteiger charge is 2.19. The summed E-state index contributed by atoms with van der Waals surface area (Å²) in [6, 6.07) is 17.2. The molecule has 0 saturated carbocycles. The Morgan fingerprint density at radius 2 is 1.81 bits per heavy atom. The molecule has 4 heterocycles. The molecule has 9 nitrogen and oxygen atoms in total. The van der Waals surface area contributed by atoms with Crippen LogP contribution in [0.5, 0.6) is 5.75 Å². The minimum absolute atomic E-state index is 0.233. The van der Waals surface area contributed by atoms with E-state index in [1.165, 1.54) is 0 Å². The molecule has 6 aromatic rings. The number of anilines is 1. The molecular weight excluding hydrogens is 394 g/mol. The summed E-state index contributed by atoms with van der Waals surface area (Å²) in [4.78, 5) is 8.90. The minimum Gasteiger partial charge on any atom is -0.494 e. The molecule has 0 amide bonds. The third kappa shape index (κ3) is 2.60. The number of nitrogens with zero attached hydrogens (tertiary/aromatic N) is 6. The van der Waals surface area contributed by atoms with E-state index in [9.17, 15) is 0 Å². The zero-order valence-corrected chi connectivity index (χ0v) is 16.4. The van der Waals surface area contributed by atoms with Crippen molar-refractivity contribution >= 4 is 33.3 Å². The highest BCUT2D eigenvalue weighted by atomic mass is 16.5. The highest BCUT2D eigenvalue weighted by Crippen LogP contribution is 2.32. The Morgan fingerprint density at radius 3 is 2.71 bits per heavy atom. The van der Waals surface area contributed by atoms with Crippen LogP contribution in [0.1, 0.15) is 0 Å². The fraction of sp³-hybridized carbons (Fsp3) is 0.0455. The Labute approximate surface area is 175 Å². The number of rotatable bonds is 3. The Morgan fingerprint density at radius 1 is 0.968 bits per heavy atom. The number of pyridine rings is 1.